The minimum absolute atomic E-state index is 0.0745. The first-order valence-corrected chi connectivity index (χ1v) is 6.36. The molecule has 0 aromatic carbocycles. The molecule has 18 heavy (non-hydrogen) atoms. The van der Waals surface area contributed by atoms with Gasteiger partial charge in [-0.05, 0) is 33.6 Å². The molecule has 2 rings (SSSR count). The van der Waals surface area contributed by atoms with Gasteiger partial charge in [0.15, 0.2) is 5.82 Å². The van der Waals surface area contributed by atoms with Crippen LogP contribution in [0.1, 0.15) is 33.6 Å². The highest BCUT2D eigenvalue weighted by atomic mass is 16.5. The average molecular weight is 251 g/mol. The van der Waals surface area contributed by atoms with Crippen molar-refractivity contribution in [3.05, 3.63) is 6.20 Å². The van der Waals surface area contributed by atoms with Gasteiger partial charge in [0.05, 0.1) is 12.3 Å². The van der Waals surface area contributed by atoms with Crippen LogP contribution in [-0.2, 0) is 4.74 Å². The van der Waals surface area contributed by atoms with Crippen molar-refractivity contribution in [2.24, 2.45) is 0 Å². The van der Waals surface area contributed by atoms with E-state index in [2.05, 4.69) is 46.6 Å². The van der Waals surface area contributed by atoms with Crippen LogP contribution in [0.25, 0.3) is 0 Å². The van der Waals surface area contributed by atoms with Crippen LogP contribution in [-0.4, -0.2) is 40.0 Å². The van der Waals surface area contributed by atoms with Crippen molar-refractivity contribution in [1.29, 1.82) is 0 Å². The third kappa shape index (κ3) is 4.10. The summed E-state index contributed by atoms with van der Waals surface area (Å²) in [5.74, 6) is 1.27. The van der Waals surface area contributed by atoms with Crippen molar-refractivity contribution in [2.45, 2.75) is 45.3 Å². The van der Waals surface area contributed by atoms with Crippen LogP contribution in [0.4, 0.5) is 11.8 Å². The number of hydrogen-bond acceptors (Lipinski definition) is 6. The Kier molecular flexibility index (Phi) is 3.96. The molecule has 1 saturated heterocycles. The predicted octanol–water partition coefficient (Wildman–Crippen LogP) is 1.67. The van der Waals surface area contributed by atoms with E-state index in [1.54, 1.807) is 6.20 Å². The maximum Gasteiger partial charge on any atom is 0.245 e. The first-order valence-electron chi connectivity index (χ1n) is 6.36. The first-order chi connectivity index (χ1) is 8.53. The molecule has 6 nitrogen and oxygen atoms in total. The van der Waals surface area contributed by atoms with Crippen molar-refractivity contribution >= 4 is 11.8 Å². The normalized spacial score (nSPS) is 19.8. The van der Waals surface area contributed by atoms with E-state index in [-0.39, 0.29) is 5.54 Å². The fourth-order valence-corrected chi connectivity index (χ4v) is 1.80. The summed E-state index contributed by atoms with van der Waals surface area (Å²) in [6.45, 7) is 7.81. The topological polar surface area (TPSA) is 72.0 Å². The summed E-state index contributed by atoms with van der Waals surface area (Å²) in [5.41, 5.74) is -0.0745. The van der Waals surface area contributed by atoms with Gasteiger partial charge < -0.3 is 15.4 Å². The molecular weight excluding hydrogens is 230 g/mol. The van der Waals surface area contributed by atoms with E-state index in [4.69, 9.17) is 4.74 Å². The Morgan fingerprint density at radius 2 is 2.28 bits per heavy atom. The monoisotopic (exact) mass is 251 g/mol. The highest BCUT2D eigenvalue weighted by Crippen LogP contribution is 2.14. The zero-order valence-corrected chi connectivity index (χ0v) is 11.2. The summed E-state index contributed by atoms with van der Waals surface area (Å²) in [7, 11) is 0. The second kappa shape index (κ2) is 5.48. The Balaban J connectivity index is 1.90. The summed E-state index contributed by atoms with van der Waals surface area (Å²) in [5, 5.41) is 14.3. The molecule has 1 atom stereocenters. The third-order valence-corrected chi connectivity index (χ3v) is 2.58. The number of nitrogens with zero attached hydrogens (tertiary/aromatic N) is 3. The molecule has 2 heterocycles. The van der Waals surface area contributed by atoms with Crippen molar-refractivity contribution in [3.63, 3.8) is 0 Å². The molecule has 0 aliphatic carbocycles. The summed E-state index contributed by atoms with van der Waals surface area (Å²) in [6, 6.07) is 0. The van der Waals surface area contributed by atoms with Crippen LogP contribution in [0.15, 0.2) is 6.20 Å². The molecule has 0 bridgehead atoms. The van der Waals surface area contributed by atoms with Crippen LogP contribution in [0.5, 0.6) is 0 Å². The van der Waals surface area contributed by atoms with Gasteiger partial charge in [-0.2, -0.15) is 10.1 Å². The quantitative estimate of drug-likeness (QED) is 0.848. The van der Waals surface area contributed by atoms with E-state index in [1.165, 1.54) is 0 Å². The Morgan fingerprint density at radius 1 is 1.44 bits per heavy atom. The Labute approximate surface area is 108 Å². The lowest BCUT2D eigenvalue weighted by Crippen LogP contribution is -2.28. The Hall–Kier alpha value is -1.43. The first kappa shape index (κ1) is 13.0. The molecule has 1 aromatic heterocycles. The van der Waals surface area contributed by atoms with Gasteiger partial charge in [0.2, 0.25) is 5.95 Å². The van der Waals surface area contributed by atoms with Crippen LogP contribution in [0.3, 0.4) is 0 Å². The highest BCUT2D eigenvalue weighted by Gasteiger charge is 2.16. The minimum atomic E-state index is -0.0745. The number of nitrogens with one attached hydrogen (secondary N) is 2. The van der Waals surface area contributed by atoms with Gasteiger partial charge in [0.1, 0.15) is 0 Å². The molecule has 2 N–H and O–H groups in total. The van der Waals surface area contributed by atoms with Gasteiger partial charge in [-0.3, -0.25) is 0 Å². The molecule has 100 valence electrons. The van der Waals surface area contributed by atoms with E-state index in [9.17, 15) is 0 Å². The lowest BCUT2D eigenvalue weighted by atomic mass is 10.1. The second-order valence-corrected chi connectivity index (χ2v) is 5.56. The molecular formula is C12H21N5O. The number of anilines is 2. The molecule has 0 saturated carbocycles. The number of aromatic nitrogens is 3. The number of ether oxygens (including phenoxy) is 1. The van der Waals surface area contributed by atoms with Crippen LogP contribution < -0.4 is 10.6 Å². The highest BCUT2D eigenvalue weighted by molar-refractivity contribution is 5.38. The fourth-order valence-electron chi connectivity index (χ4n) is 1.80. The SMILES string of the molecule is CC(C)(C)Nc1nncc(NCC2CCCO2)n1. The van der Waals surface area contributed by atoms with Crippen molar-refractivity contribution in [3.8, 4) is 0 Å². The summed E-state index contributed by atoms with van der Waals surface area (Å²) in [6.07, 6.45) is 4.17. The van der Waals surface area contributed by atoms with Crippen LogP contribution in [0.2, 0.25) is 0 Å². The predicted molar refractivity (Wildman–Crippen MR) is 70.7 cm³/mol. The van der Waals surface area contributed by atoms with Crippen molar-refractivity contribution < 1.29 is 4.74 Å². The average Bonchev–Trinajstić information content (AvgIpc) is 2.77. The maximum atomic E-state index is 5.54. The summed E-state index contributed by atoms with van der Waals surface area (Å²) >= 11 is 0. The number of hydrogen-bond donors (Lipinski definition) is 2. The molecule has 1 aliphatic rings. The Morgan fingerprint density at radius 3 is 2.94 bits per heavy atom. The molecule has 0 amide bonds. The van der Waals surface area contributed by atoms with Gasteiger partial charge in [0.25, 0.3) is 0 Å². The minimum Gasteiger partial charge on any atom is -0.376 e. The molecule has 1 aliphatic heterocycles. The van der Waals surface area contributed by atoms with Gasteiger partial charge >= 0.3 is 0 Å². The van der Waals surface area contributed by atoms with Crippen LogP contribution >= 0.6 is 0 Å². The largest absolute Gasteiger partial charge is 0.376 e. The molecule has 1 aromatic rings. The van der Waals surface area contributed by atoms with Gasteiger partial charge in [-0.25, -0.2) is 0 Å². The molecule has 0 spiro atoms. The van der Waals surface area contributed by atoms with Gasteiger partial charge in [-0.15, -0.1) is 5.10 Å². The smallest absolute Gasteiger partial charge is 0.245 e. The van der Waals surface area contributed by atoms with Gasteiger partial charge in [0, 0.05) is 18.7 Å². The van der Waals surface area contributed by atoms with Crippen molar-refractivity contribution in [2.75, 3.05) is 23.8 Å². The molecule has 1 unspecified atom stereocenters. The maximum absolute atomic E-state index is 5.54. The zero-order chi connectivity index (χ0) is 13.0. The van der Waals surface area contributed by atoms with E-state index in [0.29, 0.717) is 12.1 Å². The second-order valence-electron chi connectivity index (χ2n) is 5.56. The zero-order valence-electron chi connectivity index (χ0n) is 11.2. The fraction of sp³-hybridized carbons (Fsp3) is 0.750. The summed E-state index contributed by atoms with van der Waals surface area (Å²) < 4.78 is 5.54. The van der Waals surface area contributed by atoms with Crippen molar-refractivity contribution in [1.82, 2.24) is 15.2 Å². The summed E-state index contributed by atoms with van der Waals surface area (Å²) in [4.78, 5) is 4.37. The molecule has 6 heteroatoms. The van der Waals surface area contributed by atoms with Crippen LogP contribution in [0, 0.1) is 0 Å². The lowest BCUT2D eigenvalue weighted by Gasteiger charge is -2.20. The third-order valence-electron chi connectivity index (χ3n) is 2.58. The van der Waals surface area contributed by atoms with E-state index in [0.717, 1.165) is 31.8 Å². The molecule has 1 fully saturated rings. The van der Waals surface area contributed by atoms with E-state index >= 15 is 0 Å². The molecule has 0 radical (unpaired) electrons. The standard InChI is InChI=1S/C12H21N5O/c1-12(2,3)16-11-15-10(8-14-17-11)13-7-9-5-4-6-18-9/h8-9H,4-7H2,1-3H3,(H2,13,15,16,17). The lowest BCUT2D eigenvalue weighted by molar-refractivity contribution is 0.120. The number of rotatable bonds is 4. The van der Waals surface area contributed by atoms with Gasteiger partial charge in [-0.1, -0.05) is 0 Å². The van der Waals surface area contributed by atoms with E-state index in [1.807, 2.05) is 0 Å². The Bertz CT molecular complexity index is 384. The van der Waals surface area contributed by atoms with E-state index < -0.39 is 0 Å².